The molecule has 3 nitrogen and oxygen atoms in total. The summed E-state index contributed by atoms with van der Waals surface area (Å²) in [6.45, 7) is 13.7. The molecule has 0 aromatic carbocycles. The number of carbonyl (C=O) groups is 1. The lowest BCUT2D eigenvalue weighted by atomic mass is 9.76. The third-order valence-corrected chi connectivity index (χ3v) is 3.81. The van der Waals surface area contributed by atoms with Crippen LogP contribution in [0.15, 0.2) is 0 Å². The molecule has 0 radical (unpaired) electrons. The predicted octanol–water partition coefficient (Wildman–Crippen LogP) is 3.47. The Balaban J connectivity index is 4.26. The molecule has 0 spiro atoms. The second-order valence-electron chi connectivity index (χ2n) is 7.36. The molecular formula is C16H34N2O. The lowest BCUT2D eigenvalue weighted by Crippen LogP contribution is -2.43. The summed E-state index contributed by atoms with van der Waals surface area (Å²) in [5, 5.41) is 3.14. The minimum atomic E-state index is -0.0864. The van der Waals surface area contributed by atoms with Crippen LogP contribution in [-0.2, 0) is 4.79 Å². The van der Waals surface area contributed by atoms with Crippen LogP contribution in [0.5, 0.6) is 0 Å². The Morgan fingerprint density at radius 2 is 1.74 bits per heavy atom. The van der Waals surface area contributed by atoms with E-state index in [0.717, 1.165) is 25.7 Å². The van der Waals surface area contributed by atoms with E-state index in [0.29, 0.717) is 18.9 Å². The van der Waals surface area contributed by atoms with Crippen molar-refractivity contribution in [3.63, 3.8) is 0 Å². The van der Waals surface area contributed by atoms with Gasteiger partial charge in [0.1, 0.15) is 0 Å². The van der Waals surface area contributed by atoms with E-state index in [1.807, 2.05) is 0 Å². The summed E-state index contributed by atoms with van der Waals surface area (Å²) in [7, 11) is 0. The molecule has 0 saturated carbocycles. The molecule has 0 saturated heterocycles. The van der Waals surface area contributed by atoms with E-state index in [1.54, 1.807) is 0 Å². The van der Waals surface area contributed by atoms with Gasteiger partial charge >= 0.3 is 0 Å². The first kappa shape index (κ1) is 18.4. The maximum absolute atomic E-state index is 12.0. The fraction of sp³-hybridized carbons (Fsp3) is 0.938. The maximum atomic E-state index is 12.0. The van der Waals surface area contributed by atoms with Crippen LogP contribution in [0.1, 0.15) is 73.6 Å². The van der Waals surface area contributed by atoms with Gasteiger partial charge in [-0.05, 0) is 51.0 Å². The van der Waals surface area contributed by atoms with Crippen LogP contribution in [0.2, 0.25) is 0 Å². The highest BCUT2D eigenvalue weighted by molar-refractivity contribution is 5.76. The molecule has 0 fully saturated rings. The number of nitrogens with two attached hydrogens (primary N) is 1. The van der Waals surface area contributed by atoms with Crippen LogP contribution in [0, 0.1) is 11.3 Å². The Hall–Kier alpha value is -0.570. The van der Waals surface area contributed by atoms with Gasteiger partial charge in [-0.15, -0.1) is 0 Å². The zero-order chi connectivity index (χ0) is 15.1. The van der Waals surface area contributed by atoms with E-state index in [1.165, 1.54) is 0 Å². The molecule has 3 heteroatoms. The minimum absolute atomic E-state index is 0.0864. The first-order chi connectivity index (χ1) is 8.62. The first-order valence-corrected chi connectivity index (χ1v) is 7.63. The van der Waals surface area contributed by atoms with Gasteiger partial charge in [-0.1, -0.05) is 34.1 Å². The van der Waals surface area contributed by atoms with Crippen LogP contribution in [0.4, 0.5) is 0 Å². The Bertz CT molecular complexity index is 266. The molecule has 0 aliphatic carbocycles. The standard InChI is InChI=1S/C16H34N2O/c1-7-11-16(5,6)18-14(19)9-8-13(10-12-17)15(2,3)4/h13H,7-12,17H2,1-6H3,(H,18,19). The lowest BCUT2D eigenvalue weighted by Gasteiger charge is -2.31. The highest BCUT2D eigenvalue weighted by Crippen LogP contribution is 2.32. The molecule has 1 amide bonds. The van der Waals surface area contributed by atoms with Crippen LogP contribution in [0.25, 0.3) is 0 Å². The van der Waals surface area contributed by atoms with Crippen LogP contribution in [-0.4, -0.2) is 18.0 Å². The molecule has 1 atom stereocenters. The average molecular weight is 270 g/mol. The summed E-state index contributed by atoms with van der Waals surface area (Å²) in [6, 6.07) is 0. The number of hydrogen-bond donors (Lipinski definition) is 2. The molecule has 114 valence electrons. The summed E-state index contributed by atoms with van der Waals surface area (Å²) in [5.74, 6) is 0.683. The zero-order valence-electron chi connectivity index (χ0n) is 13.8. The zero-order valence-corrected chi connectivity index (χ0v) is 13.8. The van der Waals surface area contributed by atoms with E-state index < -0.39 is 0 Å². The molecule has 1 unspecified atom stereocenters. The van der Waals surface area contributed by atoms with Crippen molar-refractivity contribution in [3.05, 3.63) is 0 Å². The minimum Gasteiger partial charge on any atom is -0.351 e. The molecule has 0 aliphatic heterocycles. The van der Waals surface area contributed by atoms with Crippen LogP contribution >= 0.6 is 0 Å². The molecule has 3 N–H and O–H groups in total. The summed E-state index contributed by atoms with van der Waals surface area (Å²) in [5.41, 5.74) is 5.81. The van der Waals surface area contributed by atoms with Gasteiger partial charge < -0.3 is 11.1 Å². The van der Waals surface area contributed by atoms with Crippen molar-refractivity contribution in [1.29, 1.82) is 0 Å². The van der Waals surface area contributed by atoms with E-state index in [-0.39, 0.29) is 16.9 Å². The van der Waals surface area contributed by atoms with Crippen molar-refractivity contribution < 1.29 is 4.79 Å². The van der Waals surface area contributed by atoms with E-state index >= 15 is 0 Å². The number of hydrogen-bond acceptors (Lipinski definition) is 2. The average Bonchev–Trinajstić information content (AvgIpc) is 2.21. The summed E-state index contributed by atoms with van der Waals surface area (Å²) in [4.78, 5) is 12.0. The molecular weight excluding hydrogens is 236 g/mol. The molecule has 19 heavy (non-hydrogen) atoms. The Morgan fingerprint density at radius 1 is 1.16 bits per heavy atom. The molecule has 0 heterocycles. The van der Waals surface area contributed by atoms with Gasteiger partial charge in [-0.3, -0.25) is 4.79 Å². The SMILES string of the molecule is CCCC(C)(C)NC(=O)CCC(CCN)C(C)(C)C. The maximum Gasteiger partial charge on any atom is 0.220 e. The van der Waals surface area contributed by atoms with Gasteiger partial charge in [0, 0.05) is 12.0 Å². The molecule has 0 aliphatic rings. The van der Waals surface area contributed by atoms with Crippen molar-refractivity contribution in [2.24, 2.45) is 17.1 Å². The van der Waals surface area contributed by atoms with Crippen molar-refractivity contribution in [1.82, 2.24) is 5.32 Å². The molecule has 0 aromatic rings. The molecule has 0 aromatic heterocycles. The quantitative estimate of drug-likeness (QED) is 0.709. The predicted molar refractivity (Wildman–Crippen MR) is 83.0 cm³/mol. The Labute approximate surface area is 119 Å². The molecule has 0 rings (SSSR count). The number of carbonyl (C=O) groups excluding carboxylic acids is 1. The van der Waals surface area contributed by atoms with E-state index in [9.17, 15) is 4.79 Å². The van der Waals surface area contributed by atoms with Crippen LogP contribution < -0.4 is 11.1 Å². The molecule has 0 bridgehead atoms. The highest BCUT2D eigenvalue weighted by atomic mass is 16.1. The first-order valence-electron chi connectivity index (χ1n) is 7.63. The number of rotatable bonds is 8. The van der Waals surface area contributed by atoms with Gasteiger partial charge in [0.25, 0.3) is 0 Å². The second-order valence-corrected chi connectivity index (χ2v) is 7.36. The Kier molecular flexibility index (Phi) is 7.65. The number of amides is 1. The second kappa shape index (κ2) is 7.88. The van der Waals surface area contributed by atoms with Gasteiger partial charge in [0.15, 0.2) is 0 Å². The normalized spacial score (nSPS) is 14.3. The largest absolute Gasteiger partial charge is 0.351 e. The van der Waals surface area contributed by atoms with Gasteiger partial charge in [-0.25, -0.2) is 0 Å². The highest BCUT2D eigenvalue weighted by Gasteiger charge is 2.25. The Morgan fingerprint density at radius 3 is 2.16 bits per heavy atom. The topological polar surface area (TPSA) is 55.1 Å². The smallest absolute Gasteiger partial charge is 0.220 e. The monoisotopic (exact) mass is 270 g/mol. The summed E-state index contributed by atoms with van der Waals surface area (Å²) >= 11 is 0. The van der Waals surface area contributed by atoms with Gasteiger partial charge in [0.2, 0.25) is 5.91 Å². The summed E-state index contributed by atoms with van der Waals surface area (Å²) < 4.78 is 0. The van der Waals surface area contributed by atoms with Gasteiger partial charge in [-0.2, -0.15) is 0 Å². The third-order valence-electron chi connectivity index (χ3n) is 3.81. The van der Waals surface area contributed by atoms with Gasteiger partial charge in [0.05, 0.1) is 0 Å². The third kappa shape index (κ3) is 8.25. The van der Waals surface area contributed by atoms with Crippen molar-refractivity contribution >= 4 is 5.91 Å². The fourth-order valence-electron chi connectivity index (χ4n) is 2.64. The van der Waals surface area contributed by atoms with E-state index in [2.05, 4.69) is 46.9 Å². The number of nitrogens with one attached hydrogen (secondary N) is 1. The van der Waals surface area contributed by atoms with Crippen LogP contribution in [0.3, 0.4) is 0 Å². The van der Waals surface area contributed by atoms with Crippen molar-refractivity contribution in [2.45, 2.75) is 79.2 Å². The lowest BCUT2D eigenvalue weighted by molar-refractivity contribution is -0.123. The summed E-state index contributed by atoms with van der Waals surface area (Å²) in [6.07, 6.45) is 4.63. The van der Waals surface area contributed by atoms with Crippen molar-refractivity contribution in [3.8, 4) is 0 Å². The fourth-order valence-corrected chi connectivity index (χ4v) is 2.64. The van der Waals surface area contributed by atoms with E-state index in [4.69, 9.17) is 5.73 Å². The van der Waals surface area contributed by atoms with Crippen molar-refractivity contribution in [2.75, 3.05) is 6.54 Å².